The van der Waals surface area contributed by atoms with Crippen LogP contribution in [0.4, 0.5) is 5.69 Å². The highest BCUT2D eigenvalue weighted by molar-refractivity contribution is 9.09. The number of anilines is 1. The second kappa shape index (κ2) is 8.44. The molecule has 0 aliphatic carbocycles. The first-order valence-corrected chi connectivity index (χ1v) is 11.6. The van der Waals surface area contributed by atoms with Gasteiger partial charge in [0.2, 0.25) is 5.91 Å². The summed E-state index contributed by atoms with van der Waals surface area (Å²) in [4.78, 5) is 42.1. The van der Waals surface area contributed by atoms with Gasteiger partial charge >= 0.3 is 5.97 Å². The third kappa shape index (κ3) is 3.29. The molecule has 0 aromatic heterocycles. The zero-order valence-corrected chi connectivity index (χ0v) is 19.7. The number of carbonyl (C=O) groups excluding carboxylic acids is 2. The molecular formula is C22H24BrClN2O6. The number of carboxylic acids is 1. The van der Waals surface area contributed by atoms with Crippen LogP contribution in [0.15, 0.2) is 36.9 Å². The van der Waals surface area contributed by atoms with Crippen molar-refractivity contribution >= 4 is 51.0 Å². The van der Waals surface area contributed by atoms with Gasteiger partial charge in [0.15, 0.2) is 0 Å². The number of carboxylic acid groups (broad SMARTS) is 1. The molecule has 2 bridgehead atoms. The lowest BCUT2D eigenvalue weighted by Gasteiger charge is -2.38. The number of ether oxygens (including phenoxy) is 1. The van der Waals surface area contributed by atoms with E-state index in [0.717, 1.165) is 0 Å². The van der Waals surface area contributed by atoms with Gasteiger partial charge in [-0.2, -0.15) is 0 Å². The Labute approximate surface area is 198 Å². The van der Waals surface area contributed by atoms with E-state index < -0.39 is 53.4 Å². The maximum Gasteiger partial charge on any atom is 0.310 e. The average molecular weight is 528 g/mol. The largest absolute Gasteiger partial charge is 0.481 e. The molecule has 4 rings (SSSR count). The number of hydrogen-bond acceptors (Lipinski definition) is 5. The van der Waals surface area contributed by atoms with Crippen LogP contribution in [0, 0.1) is 11.8 Å². The zero-order chi connectivity index (χ0) is 23.4. The number of fused-ring (bicyclic) bond motifs is 1. The van der Waals surface area contributed by atoms with Crippen molar-refractivity contribution in [3.8, 4) is 0 Å². The first-order chi connectivity index (χ1) is 15.2. The van der Waals surface area contributed by atoms with Crippen LogP contribution in [-0.2, 0) is 19.1 Å². The van der Waals surface area contributed by atoms with E-state index in [1.165, 1.54) is 9.80 Å². The molecule has 32 heavy (non-hydrogen) atoms. The molecule has 7 atom stereocenters. The minimum absolute atomic E-state index is 0.163. The molecular weight excluding hydrogens is 504 g/mol. The van der Waals surface area contributed by atoms with E-state index in [0.29, 0.717) is 17.1 Å². The summed E-state index contributed by atoms with van der Waals surface area (Å²) in [7, 11) is 0. The Morgan fingerprint density at radius 1 is 1.44 bits per heavy atom. The van der Waals surface area contributed by atoms with Gasteiger partial charge in [0.1, 0.15) is 11.6 Å². The molecule has 1 aromatic rings. The number of hydrogen-bond donors (Lipinski definition) is 2. The number of alkyl halides is 1. The van der Waals surface area contributed by atoms with Gasteiger partial charge in [-0.05, 0) is 37.6 Å². The van der Waals surface area contributed by atoms with Crippen LogP contribution in [0.3, 0.4) is 0 Å². The fraction of sp³-hybridized carbons (Fsp3) is 0.500. The van der Waals surface area contributed by atoms with E-state index in [2.05, 4.69) is 22.5 Å². The van der Waals surface area contributed by atoms with Crippen molar-refractivity contribution in [1.82, 2.24) is 4.90 Å². The van der Waals surface area contributed by atoms with Crippen molar-refractivity contribution in [2.24, 2.45) is 11.8 Å². The lowest BCUT2D eigenvalue weighted by molar-refractivity contribution is -0.150. The Morgan fingerprint density at radius 3 is 2.66 bits per heavy atom. The number of benzene rings is 1. The summed E-state index contributed by atoms with van der Waals surface area (Å²) in [5.74, 6) is -4.11. The van der Waals surface area contributed by atoms with Crippen molar-refractivity contribution in [2.75, 3.05) is 18.1 Å². The highest BCUT2D eigenvalue weighted by Crippen LogP contribution is 2.60. The van der Waals surface area contributed by atoms with E-state index in [-0.39, 0.29) is 18.0 Å². The van der Waals surface area contributed by atoms with Gasteiger partial charge < -0.3 is 24.7 Å². The molecule has 3 aliphatic heterocycles. The Bertz CT molecular complexity index is 958. The Kier molecular flexibility index (Phi) is 6.13. The normalized spacial score (nSPS) is 33.8. The number of aliphatic hydroxyl groups excluding tert-OH is 1. The summed E-state index contributed by atoms with van der Waals surface area (Å²) in [6.07, 6.45) is 1.16. The number of likely N-dealkylation sites (tertiary alicyclic amines) is 1. The average Bonchev–Trinajstić information content (AvgIpc) is 3.35. The number of aliphatic carboxylic acids is 1. The molecule has 3 fully saturated rings. The van der Waals surface area contributed by atoms with Gasteiger partial charge in [-0.25, -0.2) is 0 Å². The number of aliphatic hydroxyl groups is 1. The van der Waals surface area contributed by atoms with Crippen LogP contribution in [0.2, 0.25) is 5.02 Å². The highest BCUT2D eigenvalue weighted by atomic mass is 79.9. The molecule has 3 saturated heterocycles. The van der Waals surface area contributed by atoms with E-state index in [1.807, 2.05) is 0 Å². The molecule has 3 aliphatic rings. The summed E-state index contributed by atoms with van der Waals surface area (Å²) in [6.45, 7) is 5.16. The van der Waals surface area contributed by atoms with E-state index in [9.17, 15) is 24.6 Å². The maximum absolute atomic E-state index is 14.0. The molecule has 2 amide bonds. The summed E-state index contributed by atoms with van der Waals surface area (Å²) in [5, 5.41) is 20.2. The minimum Gasteiger partial charge on any atom is -0.481 e. The zero-order valence-electron chi connectivity index (χ0n) is 17.4. The summed E-state index contributed by atoms with van der Waals surface area (Å²) in [6, 6.07) is 4.90. The van der Waals surface area contributed by atoms with Gasteiger partial charge in [-0.3, -0.25) is 14.4 Å². The molecule has 1 aromatic carbocycles. The highest BCUT2D eigenvalue weighted by Gasteiger charge is 2.77. The molecule has 0 saturated carbocycles. The topological polar surface area (TPSA) is 107 Å². The quantitative estimate of drug-likeness (QED) is 0.415. The molecule has 8 nitrogen and oxygen atoms in total. The molecule has 3 heterocycles. The number of carbonyl (C=O) groups is 3. The van der Waals surface area contributed by atoms with Gasteiger partial charge in [-0.1, -0.05) is 33.6 Å². The van der Waals surface area contributed by atoms with Gasteiger partial charge in [0.25, 0.3) is 5.91 Å². The van der Waals surface area contributed by atoms with Gasteiger partial charge in [-0.15, -0.1) is 6.58 Å². The second-order valence-corrected chi connectivity index (χ2v) is 10.1. The minimum atomic E-state index is -1.30. The summed E-state index contributed by atoms with van der Waals surface area (Å²) in [5.41, 5.74) is -0.744. The van der Waals surface area contributed by atoms with Crippen LogP contribution in [0.5, 0.6) is 0 Å². The van der Waals surface area contributed by atoms with Crippen LogP contribution >= 0.6 is 27.5 Å². The third-order valence-electron chi connectivity index (χ3n) is 6.70. The molecule has 1 unspecified atom stereocenters. The summed E-state index contributed by atoms with van der Waals surface area (Å²) >= 11 is 9.51. The SMILES string of the molecule is C=CCN(C(=O)[C@H]1N([C@H](C)CO)C(=O)[C@@H]2[C@@H](C(=O)O)[C@@H]3O[C@@]21CC3Br)c1ccc(Cl)cc1. The predicted molar refractivity (Wildman–Crippen MR) is 121 cm³/mol. The Morgan fingerprint density at radius 2 is 2.09 bits per heavy atom. The lowest BCUT2D eigenvalue weighted by atomic mass is 9.70. The van der Waals surface area contributed by atoms with Crippen molar-refractivity contribution in [2.45, 2.75) is 42.0 Å². The van der Waals surface area contributed by atoms with Gasteiger partial charge in [0.05, 0.1) is 30.6 Å². The lowest BCUT2D eigenvalue weighted by Crippen LogP contribution is -2.58. The van der Waals surface area contributed by atoms with Crippen LogP contribution in [-0.4, -0.2) is 74.7 Å². The predicted octanol–water partition coefficient (Wildman–Crippen LogP) is 2.07. The molecule has 1 spiro atoms. The van der Waals surface area contributed by atoms with Gasteiger partial charge in [0, 0.05) is 22.1 Å². The first kappa shape index (κ1) is 23.2. The first-order valence-electron chi connectivity index (χ1n) is 10.3. The Balaban J connectivity index is 1.83. The van der Waals surface area contributed by atoms with Crippen molar-refractivity contribution < 1.29 is 29.3 Å². The third-order valence-corrected chi connectivity index (χ3v) is 7.80. The van der Waals surface area contributed by atoms with E-state index in [4.69, 9.17) is 16.3 Å². The number of rotatable bonds is 7. The maximum atomic E-state index is 14.0. The van der Waals surface area contributed by atoms with Crippen LogP contribution in [0.1, 0.15) is 13.3 Å². The van der Waals surface area contributed by atoms with Crippen molar-refractivity contribution in [3.63, 3.8) is 0 Å². The number of nitrogens with zero attached hydrogens (tertiary/aromatic N) is 2. The van der Waals surface area contributed by atoms with Crippen molar-refractivity contribution in [3.05, 3.63) is 41.9 Å². The molecule has 0 radical (unpaired) electrons. The number of amides is 2. The fourth-order valence-corrected chi connectivity index (χ4v) is 6.48. The van der Waals surface area contributed by atoms with Crippen LogP contribution in [0.25, 0.3) is 0 Å². The van der Waals surface area contributed by atoms with E-state index >= 15 is 0 Å². The summed E-state index contributed by atoms with van der Waals surface area (Å²) < 4.78 is 6.22. The van der Waals surface area contributed by atoms with Crippen LogP contribution < -0.4 is 4.90 Å². The monoisotopic (exact) mass is 526 g/mol. The number of halogens is 2. The Hall–Kier alpha value is -1.94. The molecule has 172 valence electrons. The van der Waals surface area contributed by atoms with Crippen molar-refractivity contribution in [1.29, 1.82) is 0 Å². The second-order valence-electron chi connectivity index (χ2n) is 8.49. The molecule has 10 heteroatoms. The standard InChI is InChI=1S/C22H24BrClN2O6/c1-3-8-25(13-6-4-12(24)5-7-13)20(29)18-22-9-14(23)17(32-22)15(21(30)31)16(22)19(28)26(18)11(2)10-27/h3-7,11,14-18,27H,1,8-10H2,2H3,(H,30,31)/t11-,14?,15-,16+,17-,18-,22+/m1/s1. The smallest absolute Gasteiger partial charge is 0.310 e. The van der Waals surface area contributed by atoms with E-state index in [1.54, 1.807) is 37.3 Å². The molecule has 2 N–H and O–H groups in total. The fourth-order valence-electron chi connectivity index (χ4n) is 5.41.